The van der Waals surface area contributed by atoms with Crippen molar-refractivity contribution in [1.29, 1.82) is 0 Å². The number of halogens is 1. The molecule has 0 aromatic heterocycles. The lowest BCUT2D eigenvalue weighted by atomic mass is 9.92. The molecule has 0 bridgehead atoms. The molecule has 1 saturated heterocycles. The quantitative estimate of drug-likeness (QED) is 0.321. The third-order valence-corrected chi connectivity index (χ3v) is 5.97. The molecule has 0 radical (unpaired) electrons. The summed E-state index contributed by atoms with van der Waals surface area (Å²) in [5, 5.41) is 11.5. The van der Waals surface area contributed by atoms with E-state index in [4.69, 9.17) is 16.3 Å². The molecule has 0 saturated carbocycles. The molecule has 1 N–H and O–H groups in total. The summed E-state index contributed by atoms with van der Waals surface area (Å²) in [7, 11) is 1.50. The summed E-state index contributed by atoms with van der Waals surface area (Å²) in [6, 6.07) is 18.8. The molecule has 0 aliphatic carbocycles. The molecule has 5 nitrogen and oxygen atoms in total. The van der Waals surface area contributed by atoms with E-state index in [-0.39, 0.29) is 21.9 Å². The number of methoxy groups -OCH3 is 1. The van der Waals surface area contributed by atoms with Crippen LogP contribution in [0.2, 0.25) is 5.02 Å². The van der Waals surface area contributed by atoms with Crippen LogP contribution in [0.5, 0.6) is 5.75 Å². The number of ether oxygens (including phenoxy) is 1. The zero-order valence-electron chi connectivity index (χ0n) is 17.9. The number of rotatable bonds is 4. The molecule has 1 fully saturated rings. The average Bonchev–Trinajstić information content (AvgIpc) is 3.04. The third kappa shape index (κ3) is 3.65. The maximum atomic E-state index is 13.3. The Labute approximate surface area is 191 Å². The van der Waals surface area contributed by atoms with Crippen LogP contribution in [-0.4, -0.2) is 23.9 Å². The van der Waals surface area contributed by atoms with E-state index in [1.165, 1.54) is 12.0 Å². The Morgan fingerprint density at radius 2 is 1.75 bits per heavy atom. The summed E-state index contributed by atoms with van der Waals surface area (Å²) >= 11 is 6.35. The number of hydrogen-bond acceptors (Lipinski definition) is 4. The molecule has 4 rings (SSSR count). The maximum absolute atomic E-state index is 13.3. The molecule has 1 unspecified atom stereocenters. The van der Waals surface area contributed by atoms with E-state index < -0.39 is 17.7 Å². The van der Waals surface area contributed by atoms with Crippen molar-refractivity contribution in [1.82, 2.24) is 0 Å². The Balaban J connectivity index is 2.01. The van der Waals surface area contributed by atoms with Gasteiger partial charge in [0.15, 0.2) is 0 Å². The van der Waals surface area contributed by atoms with Crippen molar-refractivity contribution in [2.75, 3.05) is 12.0 Å². The van der Waals surface area contributed by atoms with Gasteiger partial charge in [-0.15, -0.1) is 0 Å². The molecule has 6 heteroatoms. The predicted octanol–water partition coefficient (Wildman–Crippen LogP) is 5.59. The highest BCUT2D eigenvalue weighted by Crippen LogP contribution is 2.44. The highest BCUT2D eigenvalue weighted by molar-refractivity contribution is 6.52. The number of aryl methyl sites for hydroxylation is 2. The zero-order chi connectivity index (χ0) is 23.0. The van der Waals surface area contributed by atoms with E-state index in [1.54, 1.807) is 24.3 Å². The van der Waals surface area contributed by atoms with Crippen LogP contribution in [0.3, 0.4) is 0 Å². The lowest BCUT2D eigenvalue weighted by Gasteiger charge is -2.27. The van der Waals surface area contributed by atoms with Crippen LogP contribution in [-0.2, 0) is 9.59 Å². The smallest absolute Gasteiger partial charge is 0.300 e. The van der Waals surface area contributed by atoms with Gasteiger partial charge in [0.25, 0.3) is 11.7 Å². The van der Waals surface area contributed by atoms with Crippen LogP contribution >= 0.6 is 11.6 Å². The van der Waals surface area contributed by atoms with Gasteiger partial charge in [-0.25, -0.2) is 0 Å². The standard InChI is InChI=1S/C26H22ClNO4/c1-15-7-6-9-17(13-15)28-23(19-10-5-4-8-16(19)2)22(25(30)26(28)31)24(29)20-14-18(32-3)11-12-21(20)27/h4-14,23,29H,1-3H3/b24-22+. The number of aliphatic hydroxyl groups excluding tert-OH is 1. The number of nitrogens with zero attached hydrogens (tertiary/aromatic N) is 1. The molecule has 1 aliphatic heterocycles. The van der Waals surface area contributed by atoms with E-state index in [0.717, 1.165) is 16.7 Å². The van der Waals surface area contributed by atoms with E-state index in [1.807, 2.05) is 56.3 Å². The topological polar surface area (TPSA) is 66.8 Å². The first-order valence-electron chi connectivity index (χ1n) is 10.1. The molecule has 3 aromatic rings. The van der Waals surface area contributed by atoms with Crippen LogP contribution < -0.4 is 9.64 Å². The van der Waals surface area contributed by atoms with Crippen LogP contribution in [0.1, 0.15) is 28.3 Å². The predicted molar refractivity (Wildman–Crippen MR) is 125 cm³/mol. The molecule has 3 aromatic carbocycles. The van der Waals surface area contributed by atoms with Crippen LogP contribution in [0.15, 0.2) is 72.3 Å². The van der Waals surface area contributed by atoms with Crippen LogP contribution in [0.25, 0.3) is 5.76 Å². The van der Waals surface area contributed by atoms with Gasteiger partial charge in [-0.2, -0.15) is 0 Å². The van der Waals surface area contributed by atoms with Crippen molar-refractivity contribution in [3.63, 3.8) is 0 Å². The zero-order valence-corrected chi connectivity index (χ0v) is 18.7. The number of aliphatic hydroxyl groups is 1. The maximum Gasteiger partial charge on any atom is 0.300 e. The first kappa shape index (κ1) is 21.7. The Morgan fingerprint density at radius 1 is 1.00 bits per heavy atom. The van der Waals surface area contributed by atoms with Crippen molar-refractivity contribution >= 4 is 34.7 Å². The van der Waals surface area contributed by atoms with E-state index in [0.29, 0.717) is 11.4 Å². The number of amides is 1. The Bertz CT molecular complexity index is 1260. The van der Waals surface area contributed by atoms with Crippen molar-refractivity contribution in [2.45, 2.75) is 19.9 Å². The van der Waals surface area contributed by atoms with E-state index in [2.05, 4.69) is 0 Å². The largest absolute Gasteiger partial charge is 0.507 e. The summed E-state index contributed by atoms with van der Waals surface area (Å²) in [4.78, 5) is 27.9. The van der Waals surface area contributed by atoms with Gasteiger partial charge in [-0.3, -0.25) is 14.5 Å². The fourth-order valence-electron chi connectivity index (χ4n) is 4.02. The lowest BCUT2D eigenvalue weighted by molar-refractivity contribution is -0.132. The molecule has 1 atom stereocenters. The summed E-state index contributed by atoms with van der Waals surface area (Å²) in [6.07, 6.45) is 0. The van der Waals surface area contributed by atoms with Crippen molar-refractivity contribution in [2.24, 2.45) is 0 Å². The number of Topliss-reactive ketones (excluding diaryl/α,β-unsaturated/α-hetero) is 1. The van der Waals surface area contributed by atoms with Crippen molar-refractivity contribution in [3.8, 4) is 5.75 Å². The second-order valence-corrected chi connectivity index (χ2v) is 8.12. The first-order chi connectivity index (χ1) is 15.3. The second kappa shape index (κ2) is 8.52. The molecular weight excluding hydrogens is 426 g/mol. The first-order valence-corrected chi connectivity index (χ1v) is 10.5. The number of carbonyl (C=O) groups is 2. The highest BCUT2D eigenvalue weighted by atomic mass is 35.5. The van der Waals surface area contributed by atoms with Gasteiger partial charge in [0.05, 0.1) is 23.7 Å². The molecule has 32 heavy (non-hydrogen) atoms. The van der Waals surface area contributed by atoms with Crippen LogP contribution in [0, 0.1) is 13.8 Å². The fraction of sp³-hybridized carbons (Fsp3) is 0.154. The summed E-state index contributed by atoms with van der Waals surface area (Å²) in [6.45, 7) is 3.82. The highest BCUT2D eigenvalue weighted by Gasteiger charge is 2.47. The van der Waals surface area contributed by atoms with Gasteiger partial charge in [0, 0.05) is 11.3 Å². The van der Waals surface area contributed by atoms with E-state index in [9.17, 15) is 14.7 Å². The molecule has 1 amide bonds. The minimum atomic E-state index is -0.805. The summed E-state index contributed by atoms with van der Waals surface area (Å²) in [5.74, 6) is -1.34. The number of carbonyl (C=O) groups excluding carboxylic acids is 2. The lowest BCUT2D eigenvalue weighted by Crippen LogP contribution is -2.29. The van der Waals surface area contributed by atoms with Crippen molar-refractivity contribution in [3.05, 3.63) is 99.6 Å². The third-order valence-electron chi connectivity index (χ3n) is 5.64. The van der Waals surface area contributed by atoms with E-state index >= 15 is 0 Å². The minimum absolute atomic E-state index is 0.0130. The summed E-state index contributed by atoms with van der Waals surface area (Å²) in [5.41, 5.74) is 3.38. The Morgan fingerprint density at radius 3 is 2.44 bits per heavy atom. The Kier molecular flexibility index (Phi) is 5.76. The van der Waals surface area contributed by atoms with Crippen molar-refractivity contribution < 1.29 is 19.4 Å². The average molecular weight is 448 g/mol. The van der Waals surface area contributed by atoms with Gasteiger partial charge < -0.3 is 9.84 Å². The van der Waals surface area contributed by atoms with Crippen LogP contribution in [0.4, 0.5) is 5.69 Å². The Hall–Kier alpha value is -3.57. The molecule has 162 valence electrons. The van der Waals surface area contributed by atoms with Gasteiger partial charge in [-0.05, 0) is 60.9 Å². The number of benzene rings is 3. The normalized spacial score (nSPS) is 17.6. The molecular formula is C26H22ClNO4. The number of ketones is 1. The fourth-order valence-corrected chi connectivity index (χ4v) is 4.23. The molecule has 1 aliphatic rings. The van der Waals surface area contributed by atoms with Gasteiger partial charge >= 0.3 is 0 Å². The minimum Gasteiger partial charge on any atom is -0.507 e. The molecule has 0 spiro atoms. The summed E-state index contributed by atoms with van der Waals surface area (Å²) < 4.78 is 5.25. The SMILES string of the molecule is COc1ccc(Cl)c(/C(O)=C2\C(=O)C(=O)N(c3cccc(C)c3)C2c2ccccc2C)c1. The number of hydrogen-bond donors (Lipinski definition) is 1. The van der Waals surface area contributed by atoms with Gasteiger partial charge in [0.2, 0.25) is 0 Å². The monoisotopic (exact) mass is 447 g/mol. The molecule has 1 heterocycles. The second-order valence-electron chi connectivity index (χ2n) is 7.71. The van der Waals surface area contributed by atoms with Gasteiger partial charge in [0.1, 0.15) is 11.5 Å². The number of anilines is 1. The van der Waals surface area contributed by atoms with Gasteiger partial charge in [-0.1, -0.05) is 48.0 Å².